The molecule has 4 aliphatic rings. The fraction of sp³-hybridized carbons (Fsp3) is 0.667. The largest absolute Gasteiger partial charge is 0.363 e. The molecule has 0 amide bonds. The van der Waals surface area contributed by atoms with Gasteiger partial charge in [-0.25, -0.2) is 0 Å². The monoisotopic (exact) mass is 342 g/mol. The molecule has 2 N–H and O–H groups in total. The Labute approximate surface area is 151 Å². The summed E-state index contributed by atoms with van der Waals surface area (Å²) in [5, 5.41) is 8.12. The summed E-state index contributed by atoms with van der Waals surface area (Å²) in [5.41, 5.74) is 1.77. The summed E-state index contributed by atoms with van der Waals surface area (Å²) >= 11 is 5.61. The minimum Gasteiger partial charge on any atom is -0.363 e. The van der Waals surface area contributed by atoms with Crippen LogP contribution in [0.2, 0.25) is 0 Å². The van der Waals surface area contributed by atoms with Crippen molar-refractivity contribution in [2.75, 3.05) is 6.54 Å². The van der Waals surface area contributed by atoms with Crippen LogP contribution in [0.15, 0.2) is 30.3 Å². The van der Waals surface area contributed by atoms with E-state index in [2.05, 4.69) is 41.0 Å². The van der Waals surface area contributed by atoms with Crippen molar-refractivity contribution in [1.29, 1.82) is 0 Å². The van der Waals surface area contributed by atoms with E-state index in [9.17, 15) is 0 Å². The summed E-state index contributed by atoms with van der Waals surface area (Å²) in [6, 6.07) is 10.8. The Balaban J connectivity index is 1.18. The maximum absolute atomic E-state index is 5.61. The van der Waals surface area contributed by atoms with Gasteiger partial charge >= 0.3 is 0 Å². The Morgan fingerprint density at radius 1 is 0.958 bits per heavy atom. The van der Waals surface area contributed by atoms with E-state index in [0.717, 1.165) is 35.8 Å². The molecule has 3 heteroatoms. The lowest BCUT2D eigenvalue weighted by Gasteiger charge is -2.57. The molecule has 4 bridgehead atoms. The highest BCUT2D eigenvalue weighted by molar-refractivity contribution is 7.80. The number of hydrogen-bond acceptors (Lipinski definition) is 1. The molecule has 0 aliphatic heterocycles. The summed E-state index contributed by atoms with van der Waals surface area (Å²) in [6.45, 7) is 0.991. The van der Waals surface area contributed by atoms with Crippen molar-refractivity contribution < 1.29 is 0 Å². The van der Waals surface area contributed by atoms with E-state index in [1.54, 1.807) is 0 Å². The van der Waals surface area contributed by atoms with Crippen molar-refractivity contribution in [3.63, 3.8) is 0 Å². The zero-order valence-corrected chi connectivity index (χ0v) is 15.4. The van der Waals surface area contributed by atoms with Gasteiger partial charge in [-0.1, -0.05) is 30.3 Å². The average molecular weight is 343 g/mol. The number of aryl methyl sites for hydroxylation is 1. The number of benzene rings is 1. The fourth-order valence-corrected chi connectivity index (χ4v) is 6.17. The van der Waals surface area contributed by atoms with Crippen LogP contribution in [0.1, 0.15) is 56.9 Å². The number of thiocarbonyl (C=S) groups is 1. The van der Waals surface area contributed by atoms with Gasteiger partial charge in [0.25, 0.3) is 0 Å². The third kappa shape index (κ3) is 3.77. The van der Waals surface area contributed by atoms with Crippen LogP contribution in [-0.4, -0.2) is 17.2 Å². The van der Waals surface area contributed by atoms with Crippen LogP contribution in [0.25, 0.3) is 0 Å². The molecule has 1 aromatic rings. The van der Waals surface area contributed by atoms with Crippen LogP contribution in [0.4, 0.5) is 0 Å². The number of nitrogens with one attached hydrogen (secondary N) is 2. The predicted molar refractivity (Wildman–Crippen MR) is 104 cm³/mol. The van der Waals surface area contributed by atoms with Gasteiger partial charge in [0.05, 0.1) is 0 Å². The standard InChI is InChI=1S/C21H30N2S/c24-20(22-9-5-4-8-16-6-2-1-3-7-16)23-21-13-17-10-18(14-21)12-19(11-17)15-21/h1-3,6-7,17-19H,4-5,8-15H2,(H2,22,23,24). The number of unbranched alkanes of at least 4 members (excludes halogenated alkanes) is 1. The van der Waals surface area contributed by atoms with Crippen LogP contribution < -0.4 is 10.6 Å². The molecule has 0 aromatic heterocycles. The van der Waals surface area contributed by atoms with E-state index in [0.29, 0.717) is 5.54 Å². The summed E-state index contributed by atoms with van der Waals surface area (Å²) in [4.78, 5) is 0. The zero-order valence-electron chi connectivity index (χ0n) is 14.6. The molecule has 5 rings (SSSR count). The summed E-state index contributed by atoms with van der Waals surface area (Å²) in [6.07, 6.45) is 12.1. The van der Waals surface area contributed by atoms with E-state index in [4.69, 9.17) is 12.2 Å². The first-order valence-electron chi connectivity index (χ1n) is 9.81. The van der Waals surface area contributed by atoms with Gasteiger partial charge in [-0.3, -0.25) is 0 Å². The van der Waals surface area contributed by atoms with Gasteiger partial charge in [0.15, 0.2) is 5.11 Å². The van der Waals surface area contributed by atoms with Gasteiger partial charge in [-0.15, -0.1) is 0 Å². The van der Waals surface area contributed by atoms with Crippen molar-refractivity contribution in [2.24, 2.45) is 17.8 Å². The summed E-state index contributed by atoms with van der Waals surface area (Å²) in [7, 11) is 0. The molecular weight excluding hydrogens is 312 g/mol. The molecule has 4 saturated carbocycles. The number of rotatable bonds is 6. The molecule has 4 fully saturated rings. The molecule has 24 heavy (non-hydrogen) atoms. The van der Waals surface area contributed by atoms with Crippen LogP contribution in [0.3, 0.4) is 0 Å². The average Bonchev–Trinajstić information content (AvgIpc) is 2.53. The SMILES string of the molecule is S=C(NCCCCc1ccccc1)NC12CC3CC(CC(C3)C1)C2. The highest BCUT2D eigenvalue weighted by atomic mass is 32.1. The maximum Gasteiger partial charge on any atom is 0.166 e. The topological polar surface area (TPSA) is 24.1 Å². The minimum absolute atomic E-state index is 0.336. The first kappa shape index (κ1) is 16.4. The maximum atomic E-state index is 5.61. The van der Waals surface area contributed by atoms with Crippen LogP contribution in [-0.2, 0) is 6.42 Å². The predicted octanol–water partition coefficient (Wildman–Crippen LogP) is 4.44. The second-order valence-corrected chi connectivity index (χ2v) is 8.93. The molecule has 2 nitrogen and oxygen atoms in total. The quantitative estimate of drug-likeness (QED) is 0.590. The lowest BCUT2D eigenvalue weighted by Crippen LogP contribution is -2.61. The Bertz CT molecular complexity index is 533. The van der Waals surface area contributed by atoms with Crippen LogP contribution in [0.5, 0.6) is 0 Å². The highest BCUT2D eigenvalue weighted by Crippen LogP contribution is 2.55. The molecule has 0 saturated heterocycles. The van der Waals surface area contributed by atoms with Crippen LogP contribution >= 0.6 is 12.2 Å². The van der Waals surface area contributed by atoms with Crippen molar-refractivity contribution in [3.05, 3.63) is 35.9 Å². The zero-order chi connectivity index (χ0) is 16.4. The molecule has 0 unspecified atom stereocenters. The van der Waals surface area contributed by atoms with E-state index in [1.807, 2.05) is 0 Å². The van der Waals surface area contributed by atoms with E-state index >= 15 is 0 Å². The van der Waals surface area contributed by atoms with Gasteiger partial charge in [0.1, 0.15) is 0 Å². The highest BCUT2D eigenvalue weighted by Gasteiger charge is 2.51. The Hall–Kier alpha value is -1.09. The van der Waals surface area contributed by atoms with Gasteiger partial charge in [0, 0.05) is 12.1 Å². The first-order chi connectivity index (χ1) is 11.7. The summed E-state index contributed by atoms with van der Waals surface area (Å²) in [5.74, 6) is 2.91. The molecule has 0 heterocycles. The molecule has 0 spiro atoms. The van der Waals surface area contributed by atoms with Crippen molar-refractivity contribution in [3.8, 4) is 0 Å². The molecular formula is C21H30N2S. The van der Waals surface area contributed by atoms with Gasteiger partial charge < -0.3 is 10.6 Å². The Morgan fingerprint density at radius 2 is 1.58 bits per heavy atom. The Morgan fingerprint density at radius 3 is 2.21 bits per heavy atom. The van der Waals surface area contributed by atoms with Gasteiger partial charge in [-0.05, 0) is 93.3 Å². The van der Waals surface area contributed by atoms with E-state index < -0.39 is 0 Å². The van der Waals surface area contributed by atoms with Crippen molar-refractivity contribution in [2.45, 2.75) is 63.3 Å². The third-order valence-electron chi connectivity index (χ3n) is 6.44. The molecule has 0 radical (unpaired) electrons. The fourth-order valence-electron chi connectivity index (χ4n) is 5.85. The summed E-state index contributed by atoms with van der Waals surface area (Å²) < 4.78 is 0. The van der Waals surface area contributed by atoms with E-state index in [-0.39, 0.29) is 0 Å². The van der Waals surface area contributed by atoms with E-state index in [1.165, 1.54) is 56.9 Å². The molecule has 0 atom stereocenters. The van der Waals surface area contributed by atoms with Crippen molar-refractivity contribution >= 4 is 17.3 Å². The first-order valence-corrected chi connectivity index (χ1v) is 10.2. The molecule has 4 aliphatic carbocycles. The lowest BCUT2D eigenvalue weighted by molar-refractivity contribution is -0.0101. The van der Waals surface area contributed by atoms with Gasteiger partial charge in [-0.2, -0.15) is 0 Å². The second kappa shape index (κ2) is 7.03. The molecule has 130 valence electrons. The third-order valence-corrected chi connectivity index (χ3v) is 6.68. The lowest BCUT2D eigenvalue weighted by atomic mass is 9.53. The minimum atomic E-state index is 0.336. The van der Waals surface area contributed by atoms with Gasteiger partial charge in [0.2, 0.25) is 0 Å². The Kier molecular flexibility index (Phi) is 4.80. The second-order valence-electron chi connectivity index (χ2n) is 8.52. The van der Waals surface area contributed by atoms with Crippen molar-refractivity contribution in [1.82, 2.24) is 10.6 Å². The smallest absolute Gasteiger partial charge is 0.166 e. The molecule has 1 aromatic carbocycles. The normalized spacial score (nSPS) is 33.4. The number of hydrogen-bond donors (Lipinski definition) is 2. The van der Waals surface area contributed by atoms with Crippen LogP contribution in [0, 0.1) is 17.8 Å².